The Morgan fingerprint density at radius 2 is 1.50 bits per heavy atom. The summed E-state index contributed by atoms with van der Waals surface area (Å²) in [6.45, 7) is -0.0777. The van der Waals surface area contributed by atoms with Crippen molar-refractivity contribution in [2.45, 2.75) is 6.54 Å². The largest absolute Gasteiger partial charge is 0.400 e. The third-order valence-corrected chi connectivity index (χ3v) is 3.30. The third kappa shape index (κ3) is 4.55. The van der Waals surface area contributed by atoms with Gasteiger partial charge < -0.3 is 19.6 Å². The number of hydrogen-bond donors (Lipinski definition) is 5. The van der Waals surface area contributed by atoms with E-state index in [1.54, 1.807) is 0 Å². The van der Waals surface area contributed by atoms with Gasteiger partial charge in [-0.05, 0) is 17.7 Å². The molecule has 0 aliphatic heterocycles. The average molecular weight is 267 g/mol. The summed E-state index contributed by atoms with van der Waals surface area (Å²) in [5.74, 6) is 0. The Labute approximate surface area is 91.5 Å². The fraction of sp³-hybridized carbons (Fsp3) is 0.143. The van der Waals surface area contributed by atoms with E-state index in [1.165, 1.54) is 24.3 Å². The van der Waals surface area contributed by atoms with Crippen LogP contribution in [0.5, 0.6) is 0 Å². The molecule has 7 nitrogen and oxygen atoms in total. The lowest BCUT2D eigenvalue weighted by molar-refractivity contribution is 0.356. The van der Waals surface area contributed by atoms with Crippen LogP contribution < -0.4 is 10.4 Å². The number of benzene rings is 1. The second-order valence-corrected chi connectivity index (χ2v) is 6.10. The molecule has 0 aromatic heterocycles. The minimum absolute atomic E-state index is 0.0777. The summed E-state index contributed by atoms with van der Waals surface area (Å²) < 4.78 is 21.3. The van der Waals surface area contributed by atoms with E-state index < -0.39 is 15.3 Å². The van der Waals surface area contributed by atoms with E-state index in [0.29, 0.717) is 5.56 Å². The highest BCUT2D eigenvalue weighted by molar-refractivity contribution is 7.60. The van der Waals surface area contributed by atoms with Crippen LogP contribution in [0.15, 0.2) is 24.3 Å². The Kier molecular flexibility index (Phi) is 4.04. The predicted octanol–water partition coefficient (Wildman–Crippen LogP) is -0.328. The topological polar surface area (TPSA) is 127 Å². The van der Waals surface area contributed by atoms with Gasteiger partial charge in [0.25, 0.3) is 0 Å². The maximum Gasteiger partial charge on any atom is 0.400 e. The minimum Gasteiger partial charge on any atom is -0.321 e. The second-order valence-electron chi connectivity index (χ2n) is 3.09. The number of nitrogens with one attached hydrogen (secondary N) is 1. The van der Waals surface area contributed by atoms with Crippen molar-refractivity contribution in [3.05, 3.63) is 29.8 Å². The van der Waals surface area contributed by atoms with Crippen molar-refractivity contribution in [2.75, 3.05) is 0 Å². The molecule has 1 aromatic rings. The minimum atomic E-state index is -4.28. The SMILES string of the molecule is O=P(O)(O)NCc1ccc(P(=O)(O)O)cc1. The fourth-order valence-electron chi connectivity index (χ4n) is 1.00. The first-order chi connectivity index (χ1) is 7.18. The number of rotatable bonds is 4. The highest BCUT2D eigenvalue weighted by atomic mass is 31.2. The Morgan fingerprint density at radius 3 is 1.88 bits per heavy atom. The average Bonchev–Trinajstić information content (AvgIpc) is 2.13. The quantitative estimate of drug-likeness (QED) is 0.473. The highest BCUT2D eigenvalue weighted by Gasteiger charge is 2.16. The maximum absolute atomic E-state index is 10.8. The van der Waals surface area contributed by atoms with Crippen molar-refractivity contribution >= 4 is 20.6 Å². The second kappa shape index (κ2) is 4.77. The van der Waals surface area contributed by atoms with Crippen molar-refractivity contribution in [1.29, 1.82) is 0 Å². The summed E-state index contributed by atoms with van der Waals surface area (Å²) in [4.78, 5) is 34.7. The van der Waals surface area contributed by atoms with Gasteiger partial charge in [0, 0.05) is 6.54 Å². The molecule has 0 atom stereocenters. The Bertz CT molecular complexity index is 446. The van der Waals surface area contributed by atoms with Gasteiger partial charge >= 0.3 is 15.3 Å². The monoisotopic (exact) mass is 267 g/mol. The van der Waals surface area contributed by atoms with E-state index in [-0.39, 0.29) is 11.8 Å². The molecular weight excluding hydrogens is 256 g/mol. The maximum atomic E-state index is 10.8. The highest BCUT2D eigenvalue weighted by Crippen LogP contribution is 2.33. The normalized spacial score (nSPS) is 12.8. The molecule has 0 bridgehead atoms. The first-order valence-corrected chi connectivity index (χ1v) is 7.37. The van der Waals surface area contributed by atoms with Crippen LogP contribution >= 0.6 is 15.3 Å². The standard InChI is InChI=1S/C7H11NO6P2/c9-15(10,11)7-3-1-6(2-4-7)5-8-16(12,13)14/h1-4H,5H2,(H2,9,10,11)(H3,8,12,13,14). The Balaban J connectivity index is 2.73. The van der Waals surface area contributed by atoms with Crippen LogP contribution in [0, 0.1) is 0 Å². The van der Waals surface area contributed by atoms with E-state index in [2.05, 4.69) is 0 Å². The van der Waals surface area contributed by atoms with Crippen molar-refractivity contribution in [3.8, 4) is 0 Å². The molecule has 0 spiro atoms. The van der Waals surface area contributed by atoms with Crippen LogP contribution in [0.3, 0.4) is 0 Å². The van der Waals surface area contributed by atoms with Crippen molar-refractivity contribution < 1.29 is 28.7 Å². The molecule has 0 aliphatic carbocycles. The molecule has 0 radical (unpaired) electrons. The molecule has 0 saturated heterocycles. The summed E-state index contributed by atoms with van der Waals surface area (Å²) in [5.41, 5.74) is 0.514. The molecule has 0 aliphatic rings. The van der Waals surface area contributed by atoms with Crippen molar-refractivity contribution in [3.63, 3.8) is 0 Å². The first kappa shape index (κ1) is 13.5. The summed E-state index contributed by atoms with van der Waals surface area (Å²) in [5, 5.41) is 1.84. The smallest absolute Gasteiger partial charge is 0.321 e. The van der Waals surface area contributed by atoms with Crippen LogP contribution in [0.25, 0.3) is 0 Å². The number of hydrogen-bond acceptors (Lipinski definition) is 2. The fourth-order valence-corrected chi connectivity index (χ4v) is 1.93. The zero-order valence-electron chi connectivity index (χ0n) is 8.02. The van der Waals surface area contributed by atoms with E-state index in [9.17, 15) is 9.13 Å². The van der Waals surface area contributed by atoms with E-state index in [1.807, 2.05) is 5.09 Å². The van der Waals surface area contributed by atoms with Gasteiger partial charge in [-0.15, -0.1) is 0 Å². The van der Waals surface area contributed by atoms with Crippen molar-refractivity contribution in [2.24, 2.45) is 0 Å². The summed E-state index contributed by atoms with van der Waals surface area (Å²) >= 11 is 0. The Hall–Kier alpha value is -0.520. The van der Waals surface area contributed by atoms with Gasteiger partial charge in [-0.25, -0.2) is 9.65 Å². The molecular formula is C7H11NO6P2. The zero-order chi connectivity index (χ0) is 12.4. The van der Waals surface area contributed by atoms with E-state index in [0.717, 1.165) is 0 Å². The van der Waals surface area contributed by atoms with Gasteiger partial charge in [0.15, 0.2) is 0 Å². The van der Waals surface area contributed by atoms with Gasteiger partial charge in [-0.2, -0.15) is 0 Å². The summed E-state index contributed by atoms with van der Waals surface area (Å²) in [6, 6.07) is 5.21. The molecule has 0 fully saturated rings. The van der Waals surface area contributed by atoms with Gasteiger partial charge in [-0.1, -0.05) is 12.1 Å². The lowest BCUT2D eigenvalue weighted by Crippen LogP contribution is -2.10. The first-order valence-electron chi connectivity index (χ1n) is 4.14. The van der Waals surface area contributed by atoms with Gasteiger partial charge in [-0.3, -0.25) is 4.57 Å². The molecule has 5 N–H and O–H groups in total. The molecule has 0 amide bonds. The summed E-state index contributed by atoms with van der Waals surface area (Å²) in [7, 11) is -8.54. The molecule has 16 heavy (non-hydrogen) atoms. The molecule has 0 unspecified atom stereocenters. The van der Waals surface area contributed by atoms with Crippen molar-refractivity contribution in [1.82, 2.24) is 5.09 Å². The zero-order valence-corrected chi connectivity index (χ0v) is 9.81. The predicted molar refractivity (Wildman–Crippen MR) is 57.0 cm³/mol. The van der Waals surface area contributed by atoms with Crippen LogP contribution in [0.4, 0.5) is 0 Å². The molecule has 9 heteroatoms. The molecule has 1 rings (SSSR count). The third-order valence-electron chi connectivity index (χ3n) is 1.76. The van der Waals surface area contributed by atoms with Gasteiger partial charge in [0.1, 0.15) is 0 Å². The lowest BCUT2D eigenvalue weighted by Gasteiger charge is -2.07. The van der Waals surface area contributed by atoms with Crippen LogP contribution in [0.2, 0.25) is 0 Å². The lowest BCUT2D eigenvalue weighted by atomic mass is 10.2. The van der Waals surface area contributed by atoms with Crippen LogP contribution in [0.1, 0.15) is 5.56 Å². The molecule has 0 saturated carbocycles. The van der Waals surface area contributed by atoms with Crippen LogP contribution in [-0.4, -0.2) is 19.6 Å². The van der Waals surface area contributed by atoms with E-state index >= 15 is 0 Å². The van der Waals surface area contributed by atoms with Gasteiger partial charge in [0.05, 0.1) is 5.30 Å². The van der Waals surface area contributed by atoms with Crippen LogP contribution in [-0.2, 0) is 15.7 Å². The summed E-state index contributed by atoms with van der Waals surface area (Å²) in [6.07, 6.45) is 0. The van der Waals surface area contributed by atoms with Gasteiger partial charge in [0.2, 0.25) is 0 Å². The Morgan fingerprint density at radius 1 is 1.00 bits per heavy atom. The molecule has 90 valence electrons. The molecule has 1 aromatic carbocycles. The molecule has 0 heterocycles. The van der Waals surface area contributed by atoms with E-state index in [4.69, 9.17) is 19.6 Å².